The Kier molecular flexibility index (Phi) is 8.27. The molecule has 0 aliphatic rings. The normalized spacial score (nSPS) is 13.2. The molecular weight excluding hydrogens is 264 g/mol. The first-order valence-electron chi connectivity index (χ1n) is 7.62. The summed E-state index contributed by atoms with van der Waals surface area (Å²) in [6.07, 6.45) is 4.62. The van der Waals surface area contributed by atoms with Gasteiger partial charge in [0.2, 0.25) is 0 Å². The minimum Gasteiger partial charge on any atom is -0.311 e. The summed E-state index contributed by atoms with van der Waals surface area (Å²) >= 11 is 1.79. The summed E-state index contributed by atoms with van der Waals surface area (Å²) in [4.78, 5) is 3.69. The van der Waals surface area contributed by atoms with E-state index in [0.717, 1.165) is 19.0 Å². The van der Waals surface area contributed by atoms with Gasteiger partial charge in [-0.15, -0.1) is 11.8 Å². The largest absolute Gasteiger partial charge is 0.311 e. The Balaban J connectivity index is 2.47. The Hall–Kier alpha value is -0.510. The quantitative estimate of drug-likeness (QED) is 0.696. The van der Waals surface area contributed by atoms with Crippen molar-refractivity contribution in [1.29, 1.82) is 0 Å². The van der Waals surface area contributed by atoms with Gasteiger partial charge in [-0.1, -0.05) is 38.8 Å². The molecule has 3 heteroatoms. The zero-order valence-corrected chi connectivity index (χ0v) is 14.5. The Morgan fingerprint density at radius 2 is 1.70 bits per heavy atom. The number of rotatable bonds is 9. The SMILES string of the molecule is CCC(CC)C(CNCc1ccc(SC)cc1)N(C)C. The highest BCUT2D eigenvalue weighted by atomic mass is 32.2. The van der Waals surface area contributed by atoms with E-state index in [1.807, 2.05) is 0 Å². The van der Waals surface area contributed by atoms with E-state index in [0.29, 0.717) is 6.04 Å². The first kappa shape index (κ1) is 17.5. The molecule has 1 N–H and O–H groups in total. The van der Waals surface area contributed by atoms with Crippen LogP contribution in [0.15, 0.2) is 29.2 Å². The average Bonchev–Trinajstić information content (AvgIpc) is 2.47. The van der Waals surface area contributed by atoms with Crippen molar-refractivity contribution in [3.8, 4) is 0 Å². The van der Waals surface area contributed by atoms with E-state index in [2.05, 4.69) is 68.7 Å². The Morgan fingerprint density at radius 1 is 1.10 bits per heavy atom. The number of thioether (sulfide) groups is 1. The highest BCUT2D eigenvalue weighted by Gasteiger charge is 2.19. The molecular formula is C17H30N2S. The lowest BCUT2D eigenvalue weighted by Crippen LogP contribution is -2.42. The maximum atomic E-state index is 3.62. The summed E-state index contributed by atoms with van der Waals surface area (Å²) in [7, 11) is 4.38. The van der Waals surface area contributed by atoms with Crippen LogP contribution in [-0.4, -0.2) is 37.8 Å². The predicted molar refractivity (Wildman–Crippen MR) is 91.5 cm³/mol. The van der Waals surface area contributed by atoms with E-state index < -0.39 is 0 Å². The van der Waals surface area contributed by atoms with Crippen LogP contribution in [-0.2, 0) is 6.54 Å². The number of hydrogen-bond donors (Lipinski definition) is 1. The first-order valence-corrected chi connectivity index (χ1v) is 8.84. The van der Waals surface area contributed by atoms with Gasteiger partial charge < -0.3 is 10.2 Å². The molecule has 2 nitrogen and oxygen atoms in total. The van der Waals surface area contributed by atoms with E-state index in [1.54, 1.807) is 11.8 Å². The minimum absolute atomic E-state index is 0.621. The van der Waals surface area contributed by atoms with Gasteiger partial charge in [0.15, 0.2) is 0 Å². The van der Waals surface area contributed by atoms with Crippen molar-refractivity contribution in [2.24, 2.45) is 5.92 Å². The number of nitrogens with zero attached hydrogens (tertiary/aromatic N) is 1. The predicted octanol–water partition coefficient (Wildman–Crippen LogP) is 3.86. The molecule has 1 rings (SSSR count). The van der Waals surface area contributed by atoms with Crippen molar-refractivity contribution in [1.82, 2.24) is 10.2 Å². The molecule has 0 bridgehead atoms. The summed E-state index contributed by atoms with van der Waals surface area (Å²) in [6.45, 7) is 6.61. The van der Waals surface area contributed by atoms with Gasteiger partial charge in [0.05, 0.1) is 0 Å². The molecule has 0 fully saturated rings. The first-order chi connectivity index (χ1) is 9.62. The standard InChI is InChI=1S/C17H30N2S/c1-6-15(7-2)17(19(3)4)13-18-12-14-8-10-16(20-5)11-9-14/h8-11,15,17-18H,6-7,12-13H2,1-5H3. The van der Waals surface area contributed by atoms with Crippen LogP contribution in [0.1, 0.15) is 32.3 Å². The van der Waals surface area contributed by atoms with Gasteiger partial charge in [-0.3, -0.25) is 0 Å². The van der Waals surface area contributed by atoms with Gasteiger partial charge in [-0.05, 0) is 44.0 Å². The third-order valence-corrected chi connectivity index (χ3v) is 4.84. The highest BCUT2D eigenvalue weighted by Crippen LogP contribution is 2.17. The summed E-state index contributed by atoms with van der Waals surface area (Å²) < 4.78 is 0. The molecule has 0 spiro atoms. The summed E-state index contributed by atoms with van der Waals surface area (Å²) in [5, 5.41) is 3.62. The maximum Gasteiger partial charge on any atom is 0.0242 e. The number of hydrogen-bond acceptors (Lipinski definition) is 3. The summed E-state index contributed by atoms with van der Waals surface area (Å²) in [5.41, 5.74) is 1.37. The lowest BCUT2D eigenvalue weighted by atomic mass is 9.93. The van der Waals surface area contributed by atoms with Crippen LogP contribution in [0.25, 0.3) is 0 Å². The zero-order chi connectivity index (χ0) is 15.0. The second kappa shape index (κ2) is 9.43. The van der Waals surface area contributed by atoms with Gasteiger partial charge >= 0.3 is 0 Å². The molecule has 0 aliphatic carbocycles. The van der Waals surface area contributed by atoms with Crippen molar-refractivity contribution in [2.45, 2.75) is 44.2 Å². The third kappa shape index (κ3) is 5.47. The van der Waals surface area contributed by atoms with Crippen LogP contribution in [0.4, 0.5) is 0 Å². The fraction of sp³-hybridized carbons (Fsp3) is 0.647. The smallest absolute Gasteiger partial charge is 0.0242 e. The molecule has 0 saturated heterocycles. The van der Waals surface area contributed by atoms with Gasteiger partial charge in [0, 0.05) is 24.0 Å². The summed E-state index contributed by atoms with van der Waals surface area (Å²) in [6, 6.07) is 9.47. The van der Waals surface area contributed by atoms with E-state index >= 15 is 0 Å². The van der Waals surface area contributed by atoms with Gasteiger partial charge in [-0.2, -0.15) is 0 Å². The molecule has 20 heavy (non-hydrogen) atoms. The van der Waals surface area contributed by atoms with Crippen molar-refractivity contribution in [2.75, 3.05) is 26.9 Å². The van der Waals surface area contributed by atoms with Crippen molar-refractivity contribution in [3.05, 3.63) is 29.8 Å². The lowest BCUT2D eigenvalue weighted by Gasteiger charge is -2.31. The van der Waals surface area contributed by atoms with E-state index in [-0.39, 0.29) is 0 Å². The molecule has 114 valence electrons. The Bertz CT molecular complexity index is 358. The van der Waals surface area contributed by atoms with Crippen LogP contribution in [0, 0.1) is 5.92 Å². The Labute approximate surface area is 129 Å². The molecule has 0 aliphatic heterocycles. The molecule has 0 saturated carbocycles. The van der Waals surface area contributed by atoms with Crippen molar-refractivity contribution >= 4 is 11.8 Å². The fourth-order valence-electron chi connectivity index (χ4n) is 2.71. The van der Waals surface area contributed by atoms with Crippen molar-refractivity contribution < 1.29 is 0 Å². The monoisotopic (exact) mass is 294 g/mol. The highest BCUT2D eigenvalue weighted by molar-refractivity contribution is 7.98. The average molecular weight is 295 g/mol. The molecule has 1 aromatic rings. The molecule has 1 unspecified atom stereocenters. The molecule has 1 atom stereocenters. The van der Waals surface area contributed by atoms with Crippen LogP contribution in [0.3, 0.4) is 0 Å². The molecule has 1 aromatic carbocycles. The van der Waals surface area contributed by atoms with E-state index in [9.17, 15) is 0 Å². The van der Waals surface area contributed by atoms with Crippen molar-refractivity contribution in [3.63, 3.8) is 0 Å². The Morgan fingerprint density at radius 3 is 2.15 bits per heavy atom. The third-order valence-electron chi connectivity index (χ3n) is 4.10. The number of benzene rings is 1. The van der Waals surface area contributed by atoms with Crippen LogP contribution in [0.5, 0.6) is 0 Å². The lowest BCUT2D eigenvalue weighted by molar-refractivity contribution is 0.194. The van der Waals surface area contributed by atoms with Gasteiger partial charge in [0.1, 0.15) is 0 Å². The van der Waals surface area contributed by atoms with E-state index in [1.165, 1.54) is 23.3 Å². The van der Waals surface area contributed by atoms with Crippen LogP contribution >= 0.6 is 11.8 Å². The van der Waals surface area contributed by atoms with E-state index in [4.69, 9.17) is 0 Å². The van der Waals surface area contributed by atoms with Crippen LogP contribution in [0.2, 0.25) is 0 Å². The molecule has 0 radical (unpaired) electrons. The van der Waals surface area contributed by atoms with Gasteiger partial charge in [-0.25, -0.2) is 0 Å². The zero-order valence-electron chi connectivity index (χ0n) is 13.6. The maximum absolute atomic E-state index is 3.62. The number of likely N-dealkylation sites (N-methyl/N-ethyl adjacent to an activating group) is 1. The minimum atomic E-state index is 0.621. The summed E-state index contributed by atoms with van der Waals surface area (Å²) in [5.74, 6) is 0.774. The molecule has 0 aromatic heterocycles. The van der Waals surface area contributed by atoms with Gasteiger partial charge in [0.25, 0.3) is 0 Å². The fourth-order valence-corrected chi connectivity index (χ4v) is 3.12. The number of nitrogens with one attached hydrogen (secondary N) is 1. The second-order valence-electron chi connectivity index (χ2n) is 5.59. The van der Waals surface area contributed by atoms with Crippen LogP contribution < -0.4 is 5.32 Å². The molecule has 0 heterocycles. The second-order valence-corrected chi connectivity index (χ2v) is 6.47. The topological polar surface area (TPSA) is 15.3 Å². The molecule has 0 amide bonds.